The van der Waals surface area contributed by atoms with Crippen LogP contribution in [0.5, 0.6) is 0 Å². The average molecular weight is 304 g/mol. The molecule has 6 heteroatoms. The van der Waals surface area contributed by atoms with Gasteiger partial charge in [0.05, 0.1) is 12.2 Å². The summed E-state index contributed by atoms with van der Waals surface area (Å²) < 4.78 is 43.0. The van der Waals surface area contributed by atoms with Crippen molar-refractivity contribution in [2.45, 2.75) is 32.1 Å². The third-order valence-corrected chi connectivity index (χ3v) is 3.59. The highest BCUT2D eigenvalue weighted by molar-refractivity contribution is 5.27. The number of benzene rings is 1. The first kappa shape index (κ1) is 17.9. The fraction of sp³-hybridized carbons (Fsp3) is 0.600. The maximum atomic E-state index is 12.6. The van der Waals surface area contributed by atoms with Gasteiger partial charge in [-0.2, -0.15) is 13.2 Å². The molecular formula is C15H23F3N2O. The maximum Gasteiger partial charge on any atom is 0.416 e. The molecule has 2 atom stereocenters. The lowest BCUT2D eigenvalue weighted by atomic mass is 10.0. The third kappa shape index (κ3) is 4.69. The van der Waals surface area contributed by atoms with Gasteiger partial charge in [-0.15, -0.1) is 0 Å². The number of alkyl halides is 3. The van der Waals surface area contributed by atoms with Crippen LogP contribution in [0, 0.1) is 0 Å². The fourth-order valence-electron chi connectivity index (χ4n) is 2.53. The molecule has 21 heavy (non-hydrogen) atoms. The molecule has 0 aliphatic rings. The van der Waals surface area contributed by atoms with E-state index < -0.39 is 11.7 Å². The molecule has 1 rings (SSSR count). The van der Waals surface area contributed by atoms with Crippen molar-refractivity contribution in [2.75, 3.05) is 26.8 Å². The van der Waals surface area contributed by atoms with E-state index in [1.165, 1.54) is 12.1 Å². The minimum absolute atomic E-state index is 0.123. The summed E-state index contributed by atoms with van der Waals surface area (Å²) in [5.74, 6) is 0. The molecule has 0 radical (unpaired) electrons. The number of hydrogen-bond acceptors (Lipinski definition) is 3. The van der Waals surface area contributed by atoms with Crippen molar-refractivity contribution in [3.8, 4) is 0 Å². The first-order valence-electron chi connectivity index (χ1n) is 6.97. The first-order valence-corrected chi connectivity index (χ1v) is 6.97. The Morgan fingerprint density at radius 1 is 1.24 bits per heavy atom. The van der Waals surface area contributed by atoms with Crippen LogP contribution in [0.25, 0.3) is 0 Å². The van der Waals surface area contributed by atoms with Gasteiger partial charge in [-0.3, -0.25) is 4.90 Å². The molecule has 2 N–H and O–H groups in total. The SMILES string of the molecule is CCN(C(C)COC)C(CN)c1ccc(C(F)(F)F)cc1. The van der Waals surface area contributed by atoms with E-state index in [4.69, 9.17) is 10.5 Å². The summed E-state index contributed by atoms with van der Waals surface area (Å²) in [5.41, 5.74) is 5.98. The zero-order valence-electron chi connectivity index (χ0n) is 12.7. The highest BCUT2D eigenvalue weighted by Crippen LogP contribution is 2.31. The Kier molecular flexibility index (Phi) is 6.64. The molecular weight excluding hydrogens is 281 g/mol. The molecule has 3 nitrogen and oxygen atoms in total. The minimum atomic E-state index is -4.31. The quantitative estimate of drug-likeness (QED) is 0.841. The Balaban J connectivity index is 2.98. The van der Waals surface area contributed by atoms with Crippen molar-refractivity contribution >= 4 is 0 Å². The van der Waals surface area contributed by atoms with Gasteiger partial charge in [0, 0.05) is 25.7 Å². The van der Waals surface area contributed by atoms with Gasteiger partial charge < -0.3 is 10.5 Å². The molecule has 0 fully saturated rings. The number of likely N-dealkylation sites (N-methyl/N-ethyl adjacent to an activating group) is 1. The van der Waals surface area contributed by atoms with Gasteiger partial charge in [0.2, 0.25) is 0 Å². The topological polar surface area (TPSA) is 38.5 Å². The van der Waals surface area contributed by atoms with Crippen LogP contribution < -0.4 is 5.73 Å². The van der Waals surface area contributed by atoms with E-state index in [1.807, 2.05) is 13.8 Å². The number of nitrogens with two attached hydrogens (primary N) is 1. The third-order valence-electron chi connectivity index (χ3n) is 3.59. The Bertz CT molecular complexity index is 420. The van der Waals surface area contributed by atoms with Crippen LogP contribution in [0.4, 0.5) is 13.2 Å². The van der Waals surface area contributed by atoms with E-state index in [-0.39, 0.29) is 12.1 Å². The summed E-state index contributed by atoms with van der Waals surface area (Å²) in [6.07, 6.45) is -4.31. The van der Waals surface area contributed by atoms with Crippen LogP contribution in [-0.2, 0) is 10.9 Å². The molecule has 0 saturated heterocycles. The minimum Gasteiger partial charge on any atom is -0.383 e. The number of hydrogen-bond donors (Lipinski definition) is 1. The Labute approximate surface area is 123 Å². The second-order valence-electron chi connectivity index (χ2n) is 5.01. The zero-order chi connectivity index (χ0) is 16.0. The summed E-state index contributed by atoms with van der Waals surface area (Å²) in [6, 6.07) is 5.23. The Hall–Kier alpha value is -1.11. The number of rotatable bonds is 7. The average Bonchev–Trinajstić information content (AvgIpc) is 2.44. The molecule has 1 aromatic carbocycles. The molecule has 0 aliphatic carbocycles. The maximum absolute atomic E-state index is 12.6. The van der Waals surface area contributed by atoms with Gasteiger partial charge in [0.15, 0.2) is 0 Å². The molecule has 0 saturated carbocycles. The van der Waals surface area contributed by atoms with E-state index >= 15 is 0 Å². The Morgan fingerprint density at radius 3 is 2.19 bits per heavy atom. The van der Waals surface area contributed by atoms with Crippen LogP contribution in [0.2, 0.25) is 0 Å². The van der Waals surface area contributed by atoms with Crippen LogP contribution in [-0.4, -0.2) is 37.7 Å². The molecule has 2 unspecified atom stereocenters. The summed E-state index contributed by atoms with van der Waals surface area (Å²) in [4.78, 5) is 2.13. The lowest BCUT2D eigenvalue weighted by Crippen LogP contribution is -2.42. The lowest BCUT2D eigenvalue weighted by Gasteiger charge is -2.35. The van der Waals surface area contributed by atoms with E-state index in [2.05, 4.69) is 4.90 Å². The smallest absolute Gasteiger partial charge is 0.383 e. The standard InChI is InChI=1S/C15H23F3N2O/c1-4-20(11(2)10-21-3)14(9-19)12-5-7-13(8-6-12)15(16,17)18/h5-8,11,14H,4,9-10,19H2,1-3H3. The summed E-state index contributed by atoms with van der Waals surface area (Å²) in [6.45, 7) is 5.64. The van der Waals surface area contributed by atoms with Gasteiger partial charge >= 0.3 is 6.18 Å². The normalized spacial score (nSPS) is 15.2. The summed E-state index contributed by atoms with van der Waals surface area (Å²) >= 11 is 0. The summed E-state index contributed by atoms with van der Waals surface area (Å²) in [7, 11) is 1.62. The van der Waals surface area contributed by atoms with E-state index in [0.717, 1.165) is 24.2 Å². The van der Waals surface area contributed by atoms with E-state index in [1.54, 1.807) is 7.11 Å². The molecule has 1 aromatic rings. The monoisotopic (exact) mass is 304 g/mol. The van der Waals surface area contributed by atoms with Crippen LogP contribution >= 0.6 is 0 Å². The number of ether oxygens (including phenoxy) is 1. The van der Waals surface area contributed by atoms with Crippen molar-refractivity contribution < 1.29 is 17.9 Å². The highest BCUT2D eigenvalue weighted by Gasteiger charge is 2.30. The van der Waals surface area contributed by atoms with Crippen molar-refractivity contribution in [1.82, 2.24) is 4.90 Å². The Morgan fingerprint density at radius 2 is 1.81 bits per heavy atom. The van der Waals surface area contributed by atoms with Crippen LogP contribution in [0.1, 0.15) is 31.0 Å². The number of halogens is 3. The van der Waals surface area contributed by atoms with Crippen molar-refractivity contribution in [3.05, 3.63) is 35.4 Å². The van der Waals surface area contributed by atoms with Crippen molar-refractivity contribution in [1.29, 1.82) is 0 Å². The molecule has 0 spiro atoms. The largest absolute Gasteiger partial charge is 0.416 e. The van der Waals surface area contributed by atoms with Crippen molar-refractivity contribution in [2.24, 2.45) is 5.73 Å². The van der Waals surface area contributed by atoms with Gasteiger partial charge in [0.1, 0.15) is 0 Å². The zero-order valence-corrected chi connectivity index (χ0v) is 12.7. The van der Waals surface area contributed by atoms with Gasteiger partial charge in [-0.25, -0.2) is 0 Å². The van der Waals surface area contributed by atoms with Crippen LogP contribution in [0.15, 0.2) is 24.3 Å². The second kappa shape index (κ2) is 7.77. The van der Waals surface area contributed by atoms with E-state index in [0.29, 0.717) is 13.2 Å². The van der Waals surface area contributed by atoms with Crippen molar-refractivity contribution in [3.63, 3.8) is 0 Å². The molecule has 0 amide bonds. The lowest BCUT2D eigenvalue weighted by molar-refractivity contribution is -0.137. The van der Waals surface area contributed by atoms with Gasteiger partial charge in [0.25, 0.3) is 0 Å². The number of methoxy groups -OCH3 is 1. The van der Waals surface area contributed by atoms with Gasteiger partial charge in [-0.1, -0.05) is 19.1 Å². The number of nitrogens with zero attached hydrogens (tertiary/aromatic N) is 1. The first-order chi connectivity index (χ1) is 9.85. The summed E-state index contributed by atoms with van der Waals surface area (Å²) in [5, 5.41) is 0. The fourth-order valence-corrected chi connectivity index (χ4v) is 2.53. The van der Waals surface area contributed by atoms with Gasteiger partial charge in [-0.05, 0) is 31.2 Å². The molecule has 120 valence electrons. The second-order valence-corrected chi connectivity index (χ2v) is 5.01. The molecule has 0 aromatic heterocycles. The predicted octanol–water partition coefficient (Wildman–Crippen LogP) is 3.06. The van der Waals surface area contributed by atoms with Crippen LogP contribution in [0.3, 0.4) is 0 Å². The highest BCUT2D eigenvalue weighted by atomic mass is 19.4. The molecule has 0 heterocycles. The molecule has 0 bridgehead atoms. The molecule has 0 aliphatic heterocycles. The predicted molar refractivity (Wildman–Crippen MR) is 77.0 cm³/mol. The van der Waals surface area contributed by atoms with E-state index in [9.17, 15) is 13.2 Å².